The van der Waals surface area contributed by atoms with E-state index < -0.39 is 0 Å². The van der Waals surface area contributed by atoms with Crippen molar-refractivity contribution in [2.45, 2.75) is 0 Å². The number of amides is 1. The predicted octanol–water partition coefficient (Wildman–Crippen LogP) is 3.28. The summed E-state index contributed by atoms with van der Waals surface area (Å²) >= 11 is 0. The minimum absolute atomic E-state index is 0.0574. The predicted molar refractivity (Wildman–Crippen MR) is 131 cm³/mol. The van der Waals surface area contributed by atoms with Gasteiger partial charge in [0.2, 0.25) is 6.79 Å². The van der Waals surface area contributed by atoms with Crippen LogP contribution < -0.4 is 14.8 Å². The van der Waals surface area contributed by atoms with Crippen molar-refractivity contribution in [2.75, 3.05) is 33.0 Å². The van der Waals surface area contributed by atoms with Crippen molar-refractivity contribution in [1.82, 2.24) is 25.4 Å². The summed E-state index contributed by atoms with van der Waals surface area (Å²) in [6, 6.07) is 14.3. The monoisotopic (exact) mass is 469 g/mol. The molecule has 2 aromatic heterocycles. The van der Waals surface area contributed by atoms with Crippen LogP contribution in [0.4, 0.5) is 0 Å². The standard InChI is InChI=1S/C26H23N5O4/c32-18-5-3-17(4-6-18)21-14-19(26(33)31-11-9-27-10-12-31)24-20(29-30-25(24)28-21)7-1-16-2-8-22-23(13-16)35-15-34-22/h1-8,13-14,27,32H,9-12,15H2,(H,28,29,30)/b7-1+. The molecule has 0 aliphatic carbocycles. The number of fused-ring (bicyclic) bond motifs is 2. The third-order valence-electron chi connectivity index (χ3n) is 6.19. The number of aromatic amines is 1. The molecular weight excluding hydrogens is 446 g/mol. The lowest BCUT2D eigenvalue weighted by Gasteiger charge is -2.27. The van der Waals surface area contributed by atoms with Gasteiger partial charge in [0, 0.05) is 31.7 Å². The van der Waals surface area contributed by atoms with Gasteiger partial charge in [-0.3, -0.25) is 9.89 Å². The van der Waals surface area contributed by atoms with Crippen LogP contribution in [-0.2, 0) is 0 Å². The number of carbonyl (C=O) groups is 1. The average molecular weight is 470 g/mol. The highest BCUT2D eigenvalue weighted by atomic mass is 16.7. The number of benzene rings is 2. The van der Waals surface area contributed by atoms with Crippen molar-refractivity contribution in [3.05, 3.63) is 65.4 Å². The fraction of sp³-hybridized carbons (Fsp3) is 0.192. The fourth-order valence-corrected chi connectivity index (χ4v) is 4.35. The van der Waals surface area contributed by atoms with E-state index in [9.17, 15) is 9.90 Å². The Morgan fingerprint density at radius 2 is 1.80 bits per heavy atom. The van der Waals surface area contributed by atoms with Gasteiger partial charge in [0.25, 0.3) is 5.91 Å². The van der Waals surface area contributed by atoms with E-state index in [1.165, 1.54) is 0 Å². The van der Waals surface area contributed by atoms with Gasteiger partial charge in [-0.05, 0) is 54.1 Å². The number of rotatable bonds is 4. The van der Waals surface area contributed by atoms with E-state index in [0.717, 1.165) is 30.0 Å². The molecule has 176 valence electrons. The number of pyridine rings is 1. The highest BCUT2D eigenvalue weighted by Gasteiger charge is 2.24. The summed E-state index contributed by atoms with van der Waals surface area (Å²) in [4.78, 5) is 20.2. The molecule has 0 unspecified atom stereocenters. The minimum Gasteiger partial charge on any atom is -0.508 e. The van der Waals surface area contributed by atoms with Crippen LogP contribution in [0.3, 0.4) is 0 Å². The van der Waals surface area contributed by atoms with Gasteiger partial charge >= 0.3 is 0 Å². The van der Waals surface area contributed by atoms with Crippen molar-refractivity contribution in [2.24, 2.45) is 0 Å². The maximum Gasteiger partial charge on any atom is 0.254 e. The van der Waals surface area contributed by atoms with E-state index in [-0.39, 0.29) is 18.4 Å². The maximum atomic E-state index is 13.6. The molecule has 1 amide bonds. The number of nitrogens with one attached hydrogen (secondary N) is 2. The van der Waals surface area contributed by atoms with Crippen LogP contribution in [-0.4, -0.2) is 64.1 Å². The van der Waals surface area contributed by atoms with Crippen LogP contribution in [0.2, 0.25) is 0 Å². The summed E-state index contributed by atoms with van der Waals surface area (Å²) < 4.78 is 10.9. The van der Waals surface area contributed by atoms with E-state index in [4.69, 9.17) is 14.5 Å². The van der Waals surface area contributed by atoms with Gasteiger partial charge in [0.15, 0.2) is 17.1 Å². The van der Waals surface area contributed by atoms with Gasteiger partial charge in [-0.25, -0.2) is 4.98 Å². The average Bonchev–Trinajstić information content (AvgIpc) is 3.54. The second kappa shape index (κ2) is 8.77. The summed E-state index contributed by atoms with van der Waals surface area (Å²) in [5.74, 6) is 1.54. The summed E-state index contributed by atoms with van der Waals surface area (Å²) in [5.41, 5.74) is 4.05. The first kappa shape index (κ1) is 21.2. The van der Waals surface area contributed by atoms with Crippen LogP contribution >= 0.6 is 0 Å². The van der Waals surface area contributed by atoms with Gasteiger partial charge in [0.05, 0.1) is 22.3 Å². The molecule has 35 heavy (non-hydrogen) atoms. The molecule has 9 heteroatoms. The normalized spacial score (nSPS) is 15.3. The Kier molecular flexibility index (Phi) is 5.31. The molecule has 9 nitrogen and oxygen atoms in total. The van der Waals surface area contributed by atoms with Crippen molar-refractivity contribution >= 4 is 29.1 Å². The molecule has 0 radical (unpaired) electrons. The molecular formula is C26H23N5O4. The van der Waals surface area contributed by atoms with E-state index in [2.05, 4.69) is 15.5 Å². The molecule has 4 aromatic rings. The van der Waals surface area contributed by atoms with E-state index in [0.29, 0.717) is 46.8 Å². The molecule has 0 bridgehead atoms. The molecule has 2 aliphatic rings. The number of carbonyl (C=O) groups excluding carboxylic acids is 1. The van der Waals surface area contributed by atoms with Crippen molar-refractivity contribution < 1.29 is 19.4 Å². The highest BCUT2D eigenvalue weighted by molar-refractivity contribution is 6.09. The van der Waals surface area contributed by atoms with E-state index >= 15 is 0 Å². The van der Waals surface area contributed by atoms with Crippen LogP contribution in [0.15, 0.2) is 48.5 Å². The lowest BCUT2D eigenvalue weighted by molar-refractivity contribution is 0.0737. The highest BCUT2D eigenvalue weighted by Crippen LogP contribution is 2.33. The number of aromatic hydroxyl groups is 1. The topological polar surface area (TPSA) is 113 Å². The Balaban J connectivity index is 1.43. The van der Waals surface area contributed by atoms with Crippen molar-refractivity contribution in [3.63, 3.8) is 0 Å². The molecule has 1 saturated heterocycles. The number of H-pyrrole nitrogens is 1. The Hall–Kier alpha value is -4.37. The third kappa shape index (κ3) is 4.06. The zero-order chi connectivity index (χ0) is 23.8. The molecule has 2 aromatic carbocycles. The van der Waals surface area contributed by atoms with Crippen LogP contribution in [0.25, 0.3) is 34.4 Å². The van der Waals surface area contributed by atoms with E-state index in [1.807, 2.05) is 41.3 Å². The summed E-state index contributed by atoms with van der Waals surface area (Å²) in [6.07, 6.45) is 3.79. The second-order valence-corrected chi connectivity index (χ2v) is 8.42. The zero-order valence-corrected chi connectivity index (χ0v) is 18.8. The van der Waals surface area contributed by atoms with Gasteiger partial charge in [-0.15, -0.1) is 0 Å². The van der Waals surface area contributed by atoms with Crippen molar-refractivity contribution in [3.8, 4) is 28.5 Å². The molecule has 0 atom stereocenters. The van der Waals surface area contributed by atoms with Gasteiger partial charge in [-0.2, -0.15) is 5.10 Å². The smallest absolute Gasteiger partial charge is 0.254 e. The van der Waals surface area contributed by atoms with Gasteiger partial charge in [-0.1, -0.05) is 12.1 Å². The summed E-state index contributed by atoms with van der Waals surface area (Å²) in [5, 5.41) is 21.1. The molecule has 0 saturated carbocycles. The molecule has 6 rings (SSSR count). The summed E-state index contributed by atoms with van der Waals surface area (Å²) in [6.45, 7) is 3.01. The minimum atomic E-state index is -0.0574. The number of phenolic OH excluding ortho intramolecular Hbond substituents is 1. The second-order valence-electron chi connectivity index (χ2n) is 8.42. The number of hydrogen-bond acceptors (Lipinski definition) is 7. The molecule has 3 N–H and O–H groups in total. The summed E-state index contributed by atoms with van der Waals surface area (Å²) in [7, 11) is 0. The third-order valence-corrected chi connectivity index (χ3v) is 6.19. The number of piperazine rings is 1. The van der Waals surface area contributed by atoms with E-state index in [1.54, 1.807) is 24.3 Å². The van der Waals surface area contributed by atoms with Crippen molar-refractivity contribution in [1.29, 1.82) is 0 Å². The van der Waals surface area contributed by atoms with Gasteiger partial charge in [0.1, 0.15) is 5.75 Å². The Morgan fingerprint density at radius 1 is 1.00 bits per heavy atom. The van der Waals surface area contributed by atoms with Gasteiger partial charge < -0.3 is 24.8 Å². The Bertz CT molecular complexity index is 1440. The largest absolute Gasteiger partial charge is 0.508 e. The Labute approximate surface area is 201 Å². The first-order valence-electron chi connectivity index (χ1n) is 11.4. The molecule has 4 heterocycles. The first-order chi connectivity index (χ1) is 17.2. The molecule has 2 aliphatic heterocycles. The van der Waals surface area contributed by atoms with Crippen LogP contribution in [0.5, 0.6) is 17.2 Å². The lowest BCUT2D eigenvalue weighted by atomic mass is 10.0. The first-order valence-corrected chi connectivity index (χ1v) is 11.4. The number of nitrogens with zero attached hydrogens (tertiary/aromatic N) is 3. The number of hydrogen-bond donors (Lipinski definition) is 3. The number of aromatic nitrogens is 3. The number of ether oxygens (including phenoxy) is 2. The fourth-order valence-electron chi connectivity index (χ4n) is 4.35. The Morgan fingerprint density at radius 3 is 2.63 bits per heavy atom. The quantitative estimate of drug-likeness (QED) is 0.420. The van der Waals surface area contributed by atoms with Crippen LogP contribution in [0, 0.1) is 0 Å². The molecule has 1 fully saturated rings. The van der Waals surface area contributed by atoms with Crippen LogP contribution in [0.1, 0.15) is 21.6 Å². The SMILES string of the molecule is O=C(c1cc(-c2ccc(O)cc2)nc2[nH]nc(/C=C/c3ccc4c(c3)OCO4)c12)N1CCNCC1. The maximum absolute atomic E-state index is 13.6. The molecule has 0 spiro atoms. The lowest BCUT2D eigenvalue weighted by Crippen LogP contribution is -2.46. The number of phenols is 1. The zero-order valence-electron chi connectivity index (χ0n) is 18.8.